The first-order valence-corrected chi connectivity index (χ1v) is 17.8. The van der Waals surface area contributed by atoms with Crippen molar-refractivity contribution in [3.8, 4) is 11.5 Å². The summed E-state index contributed by atoms with van der Waals surface area (Å²) in [5, 5.41) is 3.91. The maximum atomic E-state index is 15.8. The molecule has 11 heteroatoms. The van der Waals surface area contributed by atoms with Gasteiger partial charge in [-0.3, -0.25) is 14.2 Å². The molecule has 3 heterocycles. The van der Waals surface area contributed by atoms with Gasteiger partial charge in [0.1, 0.15) is 19.7 Å². The van der Waals surface area contributed by atoms with Crippen LogP contribution in [0.25, 0.3) is 10.9 Å². The third kappa shape index (κ3) is 6.66. The lowest BCUT2D eigenvalue weighted by molar-refractivity contribution is -0.155. The number of benzene rings is 2. The molecule has 2 N–H and O–H groups in total. The average Bonchev–Trinajstić information content (AvgIpc) is 3.21. The van der Waals surface area contributed by atoms with Crippen LogP contribution in [0.3, 0.4) is 0 Å². The lowest BCUT2D eigenvalue weighted by atomic mass is 9.88. The molecule has 2 atom stereocenters. The molecule has 5 rings (SSSR count). The molecule has 0 bridgehead atoms. The first-order chi connectivity index (χ1) is 19.7. The number of nitrogens with zero attached hydrogens (tertiary/aromatic N) is 2. The maximum absolute atomic E-state index is 15.8. The Hall–Kier alpha value is -2.94. The number of rotatable bonds is 7. The standard InChI is InChI=1S/C31H36F6N4Si/c1-19-12-24-23-7-6-20(8-11-42(2,3)4)13-27(23)39-29(24)30(41(19)18-31(35,36)37)28-25(33)14-21(15-26(28)34)38-22-16-40(17-22)10-5-9-32/h6-7,13-15,19,22,30,38-39H,5,9-10,12,16-18H2,1-4H3/t19-,30-/m1/s1. The number of hydrogen-bond donors (Lipinski definition) is 2. The average molecular weight is 607 g/mol. The summed E-state index contributed by atoms with van der Waals surface area (Å²) >= 11 is 0. The van der Waals surface area contributed by atoms with Crippen LogP contribution in [0.2, 0.25) is 19.6 Å². The van der Waals surface area contributed by atoms with Crippen molar-refractivity contribution in [1.29, 1.82) is 0 Å². The fourth-order valence-corrected chi connectivity index (χ4v) is 6.48. The molecule has 2 aromatic carbocycles. The van der Waals surface area contributed by atoms with Crippen LogP contribution in [0.4, 0.5) is 32.0 Å². The summed E-state index contributed by atoms with van der Waals surface area (Å²) in [6.07, 6.45) is -3.84. The van der Waals surface area contributed by atoms with Gasteiger partial charge in [0.15, 0.2) is 0 Å². The van der Waals surface area contributed by atoms with Crippen LogP contribution < -0.4 is 5.32 Å². The van der Waals surface area contributed by atoms with Crippen LogP contribution in [0, 0.1) is 23.1 Å². The van der Waals surface area contributed by atoms with Crippen LogP contribution in [-0.4, -0.2) is 74.0 Å². The molecule has 1 aromatic heterocycles. The second kappa shape index (κ2) is 11.6. The fourth-order valence-electron chi connectivity index (χ4n) is 5.96. The van der Waals surface area contributed by atoms with Gasteiger partial charge in [-0.15, -0.1) is 5.54 Å². The van der Waals surface area contributed by atoms with Crippen molar-refractivity contribution in [3.63, 3.8) is 0 Å². The molecular weight excluding hydrogens is 570 g/mol. The van der Waals surface area contributed by atoms with Crippen LogP contribution >= 0.6 is 0 Å². The zero-order valence-corrected chi connectivity index (χ0v) is 25.2. The lowest BCUT2D eigenvalue weighted by Crippen LogP contribution is -2.54. The molecule has 0 unspecified atom stereocenters. The zero-order chi connectivity index (χ0) is 30.4. The Balaban J connectivity index is 1.53. The van der Waals surface area contributed by atoms with Crippen LogP contribution in [0.1, 0.15) is 41.8 Å². The van der Waals surface area contributed by atoms with Crippen molar-refractivity contribution in [3.05, 3.63) is 64.4 Å². The molecule has 0 aliphatic carbocycles. The van der Waals surface area contributed by atoms with Crippen molar-refractivity contribution in [1.82, 2.24) is 14.8 Å². The first kappa shape index (κ1) is 30.5. The second-order valence-electron chi connectivity index (χ2n) is 12.5. The molecule has 2 aliphatic heterocycles. The van der Waals surface area contributed by atoms with E-state index in [4.69, 9.17) is 0 Å². The first-order valence-electron chi connectivity index (χ1n) is 14.3. The number of aromatic amines is 1. The molecule has 0 amide bonds. The summed E-state index contributed by atoms with van der Waals surface area (Å²) in [6.45, 7) is 8.20. The fraction of sp³-hybridized carbons (Fsp3) is 0.484. The largest absolute Gasteiger partial charge is 0.401 e. The molecule has 226 valence electrons. The number of alkyl halides is 4. The minimum Gasteiger partial charge on any atom is -0.380 e. The van der Waals surface area contributed by atoms with Gasteiger partial charge in [-0.1, -0.05) is 31.6 Å². The van der Waals surface area contributed by atoms with Gasteiger partial charge < -0.3 is 10.3 Å². The van der Waals surface area contributed by atoms with Gasteiger partial charge in [-0.25, -0.2) is 8.78 Å². The Bertz CT molecular complexity index is 1490. The van der Waals surface area contributed by atoms with Crippen molar-refractivity contribution >= 4 is 24.7 Å². The zero-order valence-electron chi connectivity index (χ0n) is 24.2. The van der Waals surface area contributed by atoms with Crippen molar-refractivity contribution in [2.24, 2.45) is 0 Å². The van der Waals surface area contributed by atoms with E-state index in [1.165, 1.54) is 0 Å². The number of aromatic nitrogens is 1. The van der Waals surface area contributed by atoms with Crippen LogP contribution in [-0.2, 0) is 6.42 Å². The topological polar surface area (TPSA) is 34.3 Å². The number of likely N-dealkylation sites (tertiary alicyclic amines) is 1. The highest BCUT2D eigenvalue weighted by molar-refractivity contribution is 6.83. The summed E-state index contributed by atoms with van der Waals surface area (Å²) < 4.78 is 85.4. The second-order valence-corrected chi connectivity index (χ2v) is 17.3. The third-order valence-corrected chi connectivity index (χ3v) is 8.72. The van der Waals surface area contributed by atoms with Crippen LogP contribution in [0.5, 0.6) is 0 Å². The van der Waals surface area contributed by atoms with Gasteiger partial charge >= 0.3 is 6.18 Å². The Morgan fingerprint density at radius 2 is 1.76 bits per heavy atom. The van der Waals surface area contributed by atoms with Crippen LogP contribution in [0.15, 0.2) is 30.3 Å². The highest BCUT2D eigenvalue weighted by Crippen LogP contribution is 2.44. The predicted molar refractivity (Wildman–Crippen MR) is 157 cm³/mol. The number of anilines is 1. The van der Waals surface area contributed by atoms with E-state index in [9.17, 15) is 17.6 Å². The number of nitrogens with one attached hydrogen (secondary N) is 2. The maximum Gasteiger partial charge on any atom is 0.401 e. The lowest BCUT2D eigenvalue weighted by Gasteiger charge is -2.41. The highest BCUT2D eigenvalue weighted by Gasteiger charge is 2.44. The molecule has 0 radical (unpaired) electrons. The van der Waals surface area contributed by atoms with Crippen molar-refractivity contribution in [2.45, 2.75) is 63.7 Å². The minimum absolute atomic E-state index is 0.0516. The summed E-state index contributed by atoms with van der Waals surface area (Å²) in [5.74, 6) is 1.37. The third-order valence-electron chi connectivity index (χ3n) is 7.84. The van der Waals surface area contributed by atoms with Gasteiger partial charge in [0.05, 0.1) is 25.3 Å². The number of H-pyrrole nitrogens is 1. The monoisotopic (exact) mass is 606 g/mol. The van der Waals surface area contributed by atoms with Gasteiger partial charge in [0.2, 0.25) is 0 Å². The molecule has 4 nitrogen and oxygen atoms in total. The summed E-state index contributed by atoms with van der Waals surface area (Å²) in [6, 6.07) is 5.94. The molecule has 42 heavy (non-hydrogen) atoms. The molecular formula is C31H36F6N4Si. The van der Waals surface area contributed by atoms with E-state index in [-0.39, 0.29) is 11.7 Å². The molecule has 2 aliphatic rings. The molecule has 1 fully saturated rings. The van der Waals surface area contributed by atoms with E-state index in [1.54, 1.807) is 6.92 Å². The summed E-state index contributed by atoms with van der Waals surface area (Å²) in [7, 11) is -1.64. The Morgan fingerprint density at radius 3 is 2.38 bits per heavy atom. The Kier molecular flexibility index (Phi) is 8.44. The number of hydrogen-bond acceptors (Lipinski definition) is 3. The molecule has 0 spiro atoms. The quantitative estimate of drug-likeness (QED) is 0.172. The number of fused-ring (bicyclic) bond motifs is 3. The van der Waals surface area contributed by atoms with E-state index in [0.717, 1.165) is 33.5 Å². The summed E-state index contributed by atoms with van der Waals surface area (Å²) in [4.78, 5) is 6.40. The van der Waals surface area contributed by atoms with E-state index >= 15 is 8.78 Å². The van der Waals surface area contributed by atoms with E-state index in [2.05, 4.69) is 41.4 Å². The molecule has 1 saturated heterocycles. The highest BCUT2D eigenvalue weighted by atomic mass is 28.3. The van der Waals surface area contributed by atoms with Gasteiger partial charge in [0, 0.05) is 59.1 Å². The van der Waals surface area contributed by atoms with Crippen molar-refractivity contribution in [2.75, 3.05) is 38.2 Å². The van der Waals surface area contributed by atoms with Crippen molar-refractivity contribution < 1.29 is 26.3 Å². The Labute approximate surface area is 243 Å². The normalized spacial score (nSPS) is 20.2. The number of halogens is 6. The van der Waals surface area contributed by atoms with Gasteiger partial charge in [-0.2, -0.15) is 13.2 Å². The molecule has 3 aromatic rings. The van der Waals surface area contributed by atoms with E-state index < -0.39 is 56.8 Å². The predicted octanol–water partition coefficient (Wildman–Crippen LogP) is 7.03. The minimum atomic E-state index is -4.57. The van der Waals surface area contributed by atoms with Gasteiger partial charge in [-0.05, 0) is 49.6 Å². The smallest absolute Gasteiger partial charge is 0.380 e. The Morgan fingerprint density at radius 1 is 1.07 bits per heavy atom. The summed E-state index contributed by atoms with van der Waals surface area (Å²) in [5.41, 5.74) is 5.69. The SMILES string of the molecule is C[C@@H]1Cc2c([nH]c3cc(C#C[Si](C)(C)C)ccc23)[C@@H](c2c(F)cc(NC3CN(CCCF)C3)cc2F)N1CC(F)(F)F. The van der Waals surface area contributed by atoms with Gasteiger partial charge in [0.25, 0.3) is 0 Å². The molecule has 0 saturated carbocycles. The van der Waals surface area contributed by atoms with E-state index in [1.807, 2.05) is 23.1 Å². The van der Waals surface area contributed by atoms with E-state index in [0.29, 0.717) is 43.7 Å².